The number of non-ortho nitro benzene ring substituents is 1. The number of hydrogen-bond acceptors (Lipinski definition) is 4. The summed E-state index contributed by atoms with van der Waals surface area (Å²) in [5.41, 5.74) is 0.196. The van der Waals surface area contributed by atoms with Crippen LogP contribution in [-0.2, 0) is 9.59 Å². The molecular weight excluding hydrogens is 260 g/mol. The third-order valence-electron chi connectivity index (χ3n) is 4.14. The molecule has 1 saturated heterocycles. The van der Waals surface area contributed by atoms with Crippen molar-refractivity contribution in [3.8, 4) is 0 Å². The van der Waals surface area contributed by atoms with E-state index in [4.69, 9.17) is 0 Å². The summed E-state index contributed by atoms with van der Waals surface area (Å²) < 4.78 is 0. The molecule has 2 amide bonds. The minimum atomic E-state index is -0.526. The van der Waals surface area contributed by atoms with Gasteiger partial charge in [-0.3, -0.25) is 19.7 Å². The third-order valence-corrected chi connectivity index (χ3v) is 4.14. The first-order valence-electron chi connectivity index (χ1n) is 6.72. The highest BCUT2D eigenvalue weighted by Crippen LogP contribution is 2.40. The second kappa shape index (κ2) is 4.70. The van der Waals surface area contributed by atoms with Crippen LogP contribution in [0.1, 0.15) is 25.7 Å². The van der Waals surface area contributed by atoms with Crippen molar-refractivity contribution in [2.45, 2.75) is 25.7 Å². The van der Waals surface area contributed by atoms with Crippen LogP contribution in [0.2, 0.25) is 0 Å². The molecule has 0 spiro atoms. The monoisotopic (exact) mass is 274 g/mol. The molecule has 2 fully saturated rings. The number of benzene rings is 1. The number of hydrogen-bond donors (Lipinski definition) is 0. The lowest BCUT2D eigenvalue weighted by Crippen LogP contribution is -2.30. The highest BCUT2D eigenvalue weighted by Gasteiger charge is 2.48. The van der Waals surface area contributed by atoms with Gasteiger partial charge in [-0.05, 0) is 18.9 Å². The number of rotatable bonds is 2. The zero-order valence-electron chi connectivity index (χ0n) is 10.8. The van der Waals surface area contributed by atoms with Crippen molar-refractivity contribution in [2.75, 3.05) is 4.90 Å². The number of nitro groups is 1. The van der Waals surface area contributed by atoms with Crippen molar-refractivity contribution >= 4 is 23.2 Å². The molecule has 1 heterocycles. The van der Waals surface area contributed by atoms with Gasteiger partial charge in [-0.15, -0.1) is 0 Å². The second-order valence-corrected chi connectivity index (χ2v) is 5.29. The zero-order valence-corrected chi connectivity index (χ0v) is 10.8. The first-order chi connectivity index (χ1) is 9.59. The summed E-state index contributed by atoms with van der Waals surface area (Å²) in [5.74, 6) is -0.897. The average molecular weight is 274 g/mol. The van der Waals surface area contributed by atoms with Crippen LogP contribution in [0.25, 0.3) is 0 Å². The predicted octanol–water partition coefficient (Wildman–Crippen LogP) is 2.27. The highest BCUT2D eigenvalue weighted by atomic mass is 16.6. The quantitative estimate of drug-likeness (QED) is 0.470. The van der Waals surface area contributed by atoms with E-state index in [0.717, 1.165) is 30.6 Å². The fourth-order valence-corrected chi connectivity index (χ4v) is 3.16. The standard InChI is InChI=1S/C14H14N2O4/c17-13-11-6-1-2-7-12(11)14(18)15(13)9-4-3-5-10(8-9)16(19)20/h3-5,8,11-12H,1-2,6-7H2/t11-,12-/m1/s1. The Bertz CT molecular complexity index is 575. The molecule has 3 rings (SSSR count). The van der Waals surface area contributed by atoms with Crippen LogP contribution < -0.4 is 4.90 Å². The van der Waals surface area contributed by atoms with Gasteiger partial charge < -0.3 is 0 Å². The molecule has 1 aliphatic carbocycles. The maximum atomic E-state index is 12.4. The molecule has 2 aliphatic rings. The molecule has 1 aromatic carbocycles. The first-order valence-corrected chi connectivity index (χ1v) is 6.72. The third kappa shape index (κ3) is 1.88. The molecular formula is C14H14N2O4. The maximum absolute atomic E-state index is 12.4. The van der Waals surface area contributed by atoms with Crippen LogP contribution in [0.3, 0.4) is 0 Å². The van der Waals surface area contributed by atoms with E-state index in [1.165, 1.54) is 18.2 Å². The number of anilines is 1. The van der Waals surface area contributed by atoms with Crippen molar-refractivity contribution in [3.63, 3.8) is 0 Å². The van der Waals surface area contributed by atoms with Gasteiger partial charge in [0.15, 0.2) is 0 Å². The Morgan fingerprint density at radius 2 is 1.70 bits per heavy atom. The number of imide groups is 1. The summed E-state index contributed by atoms with van der Waals surface area (Å²) in [6.45, 7) is 0. The molecule has 6 nitrogen and oxygen atoms in total. The van der Waals surface area contributed by atoms with Gasteiger partial charge in [0.25, 0.3) is 5.69 Å². The van der Waals surface area contributed by atoms with E-state index < -0.39 is 4.92 Å². The Kier molecular flexibility index (Phi) is 3.00. The molecule has 6 heteroatoms. The number of nitro benzene ring substituents is 1. The minimum absolute atomic E-state index is 0.113. The summed E-state index contributed by atoms with van der Waals surface area (Å²) >= 11 is 0. The Labute approximate surface area is 115 Å². The van der Waals surface area contributed by atoms with Gasteiger partial charge in [0, 0.05) is 12.1 Å². The van der Waals surface area contributed by atoms with E-state index in [1.54, 1.807) is 6.07 Å². The Hall–Kier alpha value is -2.24. The van der Waals surface area contributed by atoms with Crippen molar-refractivity contribution in [2.24, 2.45) is 11.8 Å². The highest BCUT2D eigenvalue weighted by molar-refractivity contribution is 6.22. The summed E-state index contributed by atoms with van der Waals surface area (Å²) in [6, 6.07) is 5.70. The van der Waals surface area contributed by atoms with Crippen molar-refractivity contribution in [1.29, 1.82) is 0 Å². The van der Waals surface area contributed by atoms with Crippen LogP contribution in [0, 0.1) is 22.0 Å². The summed E-state index contributed by atoms with van der Waals surface area (Å²) in [5, 5.41) is 10.8. The van der Waals surface area contributed by atoms with Crippen LogP contribution in [-0.4, -0.2) is 16.7 Å². The molecule has 1 aliphatic heterocycles. The number of carbonyl (C=O) groups is 2. The van der Waals surface area contributed by atoms with Gasteiger partial charge in [0.2, 0.25) is 11.8 Å². The van der Waals surface area contributed by atoms with E-state index in [-0.39, 0.29) is 29.3 Å². The number of fused-ring (bicyclic) bond motifs is 1. The lowest BCUT2D eigenvalue weighted by molar-refractivity contribution is -0.384. The van der Waals surface area contributed by atoms with Crippen LogP contribution in [0.4, 0.5) is 11.4 Å². The maximum Gasteiger partial charge on any atom is 0.271 e. The van der Waals surface area contributed by atoms with Gasteiger partial charge in [-0.25, -0.2) is 4.90 Å². The second-order valence-electron chi connectivity index (χ2n) is 5.29. The Balaban J connectivity index is 1.97. The van der Waals surface area contributed by atoms with Gasteiger partial charge in [0.1, 0.15) is 0 Å². The van der Waals surface area contributed by atoms with Gasteiger partial charge in [0.05, 0.1) is 22.4 Å². The molecule has 104 valence electrons. The minimum Gasteiger partial charge on any atom is -0.274 e. The Morgan fingerprint density at radius 3 is 2.25 bits per heavy atom. The van der Waals surface area contributed by atoms with E-state index in [9.17, 15) is 19.7 Å². The van der Waals surface area contributed by atoms with E-state index in [1.807, 2.05) is 0 Å². The average Bonchev–Trinajstić information content (AvgIpc) is 2.72. The van der Waals surface area contributed by atoms with Gasteiger partial charge in [-0.1, -0.05) is 18.9 Å². The normalized spacial score (nSPS) is 25.7. The lowest BCUT2D eigenvalue weighted by atomic mass is 9.81. The fraction of sp³-hybridized carbons (Fsp3) is 0.429. The number of amides is 2. The molecule has 0 radical (unpaired) electrons. The number of carbonyl (C=O) groups excluding carboxylic acids is 2. The first kappa shape index (κ1) is 12.8. The summed E-state index contributed by atoms with van der Waals surface area (Å²) in [7, 11) is 0. The zero-order chi connectivity index (χ0) is 14.3. The molecule has 0 unspecified atom stereocenters. The predicted molar refractivity (Wildman–Crippen MR) is 71.0 cm³/mol. The lowest BCUT2D eigenvalue weighted by Gasteiger charge is -2.19. The largest absolute Gasteiger partial charge is 0.274 e. The molecule has 1 saturated carbocycles. The molecule has 0 N–H and O–H groups in total. The van der Waals surface area contributed by atoms with E-state index >= 15 is 0 Å². The SMILES string of the molecule is O=C1[C@@H]2CCCC[C@H]2C(=O)N1c1cccc([N+](=O)[O-])c1. The molecule has 0 bridgehead atoms. The fourth-order valence-electron chi connectivity index (χ4n) is 3.16. The molecule has 0 aromatic heterocycles. The van der Waals surface area contributed by atoms with Crippen LogP contribution in [0.15, 0.2) is 24.3 Å². The Morgan fingerprint density at radius 1 is 1.10 bits per heavy atom. The molecule has 1 aromatic rings. The van der Waals surface area contributed by atoms with Gasteiger partial charge >= 0.3 is 0 Å². The summed E-state index contributed by atoms with van der Waals surface area (Å²) in [6.07, 6.45) is 3.40. The van der Waals surface area contributed by atoms with Crippen molar-refractivity contribution in [3.05, 3.63) is 34.4 Å². The smallest absolute Gasteiger partial charge is 0.271 e. The van der Waals surface area contributed by atoms with E-state index in [0.29, 0.717) is 5.69 Å². The number of nitrogens with zero attached hydrogens (tertiary/aromatic N) is 2. The molecule has 20 heavy (non-hydrogen) atoms. The summed E-state index contributed by atoms with van der Waals surface area (Å²) in [4.78, 5) is 36.1. The van der Waals surface area contributed by atoms with Gasteiger partial charge in [-0.2, -0.15) is 0 Å². The van der Waals surface area contributed by atoms with Crippen molar-refractivity contribution < 1.29 is 14.5 Å². The van der Waals surface area contributed by atoms with Crippen LogP contribution >= 0.6 is 0 Å². The van der Waals surface area contributed by atoms with Crippen molar-refractivity contribution in [1.82, 2.24) is 0 Å². The van der Waals surface area contributed by atoms with E-state index in [2.05, 4.69) is 0 Å². The molecule has 2 atom stereocenters. The van der Waals surface area contributed by atoms with Crippen LogP contribution in [0.5, 0.6) is 0 Å². The topological polar surface area (TPSA) is 80.5 Å².